The summed E-state index contributed by atoms with van der Waals surface area (Å²) in [5.41, 5.74) is -0.738. The predicted octanol–water partition coefficient (Wildman–Crippen LogP) is 2.75. The van der Waals surface area contributed by atoms with Crippen molar-refractivity contribution in [1.82, 2.24) is 5.32 Å². The Bertz CT molecular complexity index is 220. The minimum atomic E-state index is -0.738. The van der Waals surface area contributed by atoms with Crippen LogP contribution in [-0.2, 0) is 4.79 Å². The normalized spacial score (nSPS) is 15.8. The van der Waals surface area contributed by atoms with E-state index in [1.54, 1.807) is 7.05 Å². The molecule has 0 heterocycles. The van der Waals surface area contributed by atoms with Crippen LogP contribution in [0.5, 0.6) is 0 Å². The van der Waals surface area contributed by atoms with E-state index < -0.39 is 11.5 Å². The Labute approximate surface area is 103 Å². The first kappa shape index (κ1) is 15.8. The molecule has 3 nitrogen and oxygen atoms in total. The number of nitrogens with one attached hydrogen (secondary N) is 1. The van der Waals surface area contributed by atoms with Gasteiger partial charge in [-0.2, -0.15) is 11.8 Å². The summed E-state index contributed by atoms with van der Waals surface area (Å²) < 4.78 is 0.262. The number of thioether (sulfide) groups is 1. The van der Waals surface area contributed by atoms with Crippen LogP contribution in [-0.4, -0.2) is 34.2 Å². The molecule has 0 aliphatic carbocycles. The molecule has 0 aromatic heterocycles. The van der Waals surface area contributed by atoms with Crippen molar-refractivity contribution in [2.45, 2.75) is 57.2 Å². The van der Waals surface area contributed by atoms with Crippen LogP contribution < -0.4 is 5.32 Å². The van der Waals surface area contributed by atoms with Gasteiger partial charge in [-0.1, -0.05) is 27.7 Å². The third kappa shape index (κ3) is 5.21. The van der Waals surface area contributed by atoms with Gasteiger partial charge in [0.25, 0.3) is 0 Å². The largest absolute Gasteiger partial charge is 0.480 e. The fourth-order valence-electron chi connectivity index (χ4n) is 1.60. The van der Waals surface area contributed by atoms with Gasteiger partial charge in [0, 0.05) is 4.75 Å². The second-order valence-corrected chi connectivity index (χ2v) is 6.98. The van der Waals surface area contributed by atoms with Gasteiger partial charge in [0.05, 0.1) is 0 Å². The van der Waals surface area contributed by atoms with Gasteiger partial charge in [-0.25, -0.2) is 0 Å². The molecule has 0 fully saturated rings. The molecule has 0 aromatic carbocycles. The molecule has 1 unspecified atom stereocenters. The number of hydrogen-bond donors (Lipinski definition) is 2. The van der Waals surface area contributed by atoms with Crippen LogP contribution in [0.4, 0.5) is 0 Å². The molecule has 1 atom stereocenters. The van der Waals surface area contributed by atoms with E-state index in [0.29, 0.717) is 12.8 Å². The van der Waals surface area contributed by atoms with E-state index >= 15 is 0 Å². The van der Waals surface area contributed by atoms with Crippen molar-refractivity contribution in [2.24, 2.45) is 0 Å². The number of aliphatic carboxylic acids is 1. The first-order chi connectivity index (χ1) is 7.27. The first-order valence-corrected chi connectivity index (χ1v) is 6.82. The third-order valence-corrected chi connectivity index (χ3v) is 4.13. The maximum Gasteiger partial charge on any atom is 0.323 e. The second-order valence-electron chi connectivity index (χ2n) is 5.06. The van der Waals surface area contributed by atoms with Gasteiger partial charge in [-0.15, -0.1) is 0 Å². The predicted molar refractivity (Wildman–Crippen MR) is 71.2 cm³/mol. The average Bonchev–Trinajstić information content (AvgIpc) is 2.17. The van der Waals surface area contributed by atoms with Crippen LogP contribution in [0.1, 0.15) is 47.0 Å². The number of hydrogen-bond acceptors (Lipinski definition) is 3. The molecule has 0 saturated heterocycles. The SMILES string of the molecule is CCC(CCCSC(C)(C)C)(NC)C(=O)O. The quantitative estimate of drug-likeness (QED) is 0.679. The Hall–Kier alpha value is -0.220. The monoisotopic (exact) mass is 247 g/mol. The highest BCUT2D eigenvalue weighted by molar-refractivity contribution is 8.00. The number of carbonyl (C=O) groups is 1. The highest BCUT2D eigenvalue weighted by atomic mass is 32.2. The van der Waals surface area contributed by atoms with Crippen LogP contribution in [0.2, 0.25) is 0 Å². The summed E-state index contributed by atoms with van der Waals surface area (Å²) in [5.74, 6) is 0.276. The Morgan fingerprint density at radius 3 is 2.25 bits per heavy atom. The molecule has 0 aromatic rings. The zero-order valence-electron chi connectivity index (χ0n) is 11.1. The summed E-state index contributed by atoms with van der Waals surface area (Å²) >= 11 is 1.89. The molecular weight excluding hydrogens is 222 g/mol. The zero-order chi connectivity index (χ0) is 12.8. The summed E-state index contributed by atoms with van der Waals surface area (Å²) in [5, 5.41) is 12.2. The third-order valence-electron chi connectivity index (χ3n) is 2.77. The van der Waals surface area contributed by atoms with E-state index in [2.05, 4.69) is 26.1 Å². The molecule has 4 heteroatoms. The lowest BCUT2D eigenvalue weighted by atomic mass is 9.91. The van der Waals surface area contributed by atoms with E-state index in [1.807, 2.05) is 18.7 Å². The number of rotatable bonds is 7. The maximum atomic E-state index is 11.2. The smallest absolute Gasteiger partial charge is 0.323 e. The van der Waals surface area contributed by atoms with Crippen molar-refractivity contribution in [3.8, 4) is 0 Å². The van der Waals surface area contributed by atoms with Crippen LogP contribution >= 0.6 is 11.8 Å². The zero-order valence-corrected chi connectivity index (χ0v) is 11.9. The van der Waals surface area contributed by atoms with Crippen molar-refractivity contribution in [3.63, 3.8) is 0 Å². The molecule has 0 bridgehead atoms. The molecule has 0 aliphatic heterocycles. The molecule has 96 valence electrons. The molecule has 0 rings (SSSR count). The van der Waals surface area contributed by atoms with Gasteiger partial charge in [-0.3, -0.25) is 4.79 Å². The first-order valence-electron chi connectivity index (χ1n) is 5.83. The Morgan fingerprint density at radius 1 is 1.38 bits per heavy atom. The molecule has 0 aliphatic rings. The highest BCUT2D eigenvalue weighted by Gasteiger charge is 2.34. The second kappa shape index (κ2) is 6.50. The van der Waals surface area contributed by atoms with E-state index in [9.17, 15) is 9.90 Å². The van der Waals surface area contributed by atoms with Gasteiger partial charge in [0.2, 0.25) is 0 Å². The van der Waals surface area contributed by atoms with E-state index in [-0.39, 0.29) is 4.75 Å². The highest BCUT2D eigenvalue weighted by Crippen LogP contribution is 2.26. The summed E-state index contributed by atoms with van der Waals surface area (Å²) in [6, 6.07) is 0. The van der Waals surface area contributed by atoms with Crippen LogP contribution in [0.15, 0.2) is 0 Å². The number of likely N-dealkylation sites (N-methyl/N-ethyl adjacent to an activating group) is 1. The Morgan fingerprint density at radius 2 is 1.94 bits per heavy atom. The summed E-state index contributed by atoms with van der Waals surface area (Å²) in [6.45, 7) is 8.46. The maximum absolute atomic E-state index is 11.2. The fraction of sp³-hybridized carbons (Fsp3) is 0.917. The Balaban J connectivity index is 4.10. The minimum absolute atomic E-state index is 0.262. The van der Waals surface area contributed by atoms with Gasteiger partial charge in [0.1, 0.15) is 5.54 Å². The van der Waals surface area contributed by atoms with Gasteiger partial charge in [0.15, 0.2) is 0 Å². The standard InChI is InChI=1S/C12H25NO2S/c1-6-12(13-5,10(14)15)8-7-9-16-11(2,3)4/h13H,6-9H2,1-5H3,(H,14,15). The molecule has 16 heavy (non-hydrogen) atoms. The number of carboxylic acid groups (broad SMARTS) is 1. The number of carboxylic acids is 1. The minimum Gasteiger partial charge on any atom is -0.480 e. The lowest BCUT2D eigenvalue weighted by Crippen LogP contribution is -2.49. The van der Waals surface area contributed by atoms with Gasteiger partial charge in [-0.05, 0) is 32.1 Å². The summed E-state index contributed by atoms with van der Waals surface area (Å²) in [4.78, 5) is 11.2. The summed E-state index contributed by atoms with van der Waals surface area (Å²) in [7, 11) is 1.73. The van der Waals surface area contributed by atoms with Crippen LogP contribution in [0.25, 0.3) is 0 Å². The molecule has 0 saturated carbocycles. The molecule has 0 amide bonds. The van der Waals surface area contributed by atoms with Crippen molar-refractivity contribution >= 4 is 17.7 Å². The molecule has 2 N–H and O–H groups in total. The molecule has 0 spiro atoms. The topological polar surface area (TPSA) is 49.3 Å². The van der Waals surface area contributed by atoms with Crippen molar-refractivity contribution in [1.29, 1.82) is 0 Å². The lowest BCUT2D eigenvalue weighted by molar-refractivity contribution is -0.145. The van der Waals surface area contributed by atoms with Gasteiger partial charge >= 0.3 is 5.97 Å². The van der Waals surface area contributed by atoms with E-state index in [1.165, 1.54) is 0 Å². The van der Waals surface area contributed by atoms with Gasteiger partial charge < -0.3 is 10.4 Å². The average molecular weight is 247 g/mol. The van der Waals surface area contributed by atoms with Crippen molar-refractivity contribution < 1.29 is 9.90 Å². The van der Waals surface area contributed by atoms with Crippen LogP contribution in [0.3, 0.4) is 0 Å². The molecule has 0 radical (unpaired) electrons. The van der Waals surface area contributed by atoms with E-state index in [4.69, 9.17) is 0 Å². The molecular formula is C12H25NO2S. The Kier molecular flexibility index (Phi) is 6.41. The summed E-state index contributed by atoms with van der Waals surface area (Å²) in [6.07, 6.45) is 2.25. The van der Waals surface area contributed by atoms with E-state index in [0.717, 1.165) is 12.2 Å². The fourth-order valence-corrected chi connectivity index (χ4v) is 2.50. The van der Waals surface area contributed by atoms with Crippen LogP contribution in [0, 0.1) is 0 Å². The van der Waals surface area contributed by atoms with Crippen molar-refractivity contribution in [3.05, 3.63) is 0 Å². The lowest BCUT2D eigenvalue weighted by Gasteiger charge is -2.28. The van der Waals surface area contributed by atoms with Crippen molar-refractivity contribution in [2.75, 3.05) is 12.8 Å².